The van der Waals surface area contributed by atoms with Crippen LogP contribution in [0.1, 0.15) is 20.3 Å². The predicted octanol–water partition coefficient (Wildman–Crippen LogP) is 1.31. The fraction of sp³-hybridized carbons (Fsp3) is 0.692. The molecular weight excluding hydrogens is 228 g/mol. The van der Waals surface area contributed by atoms with Crippen molar-refractivity contribution in [2.75, 3.05) is 38.2 Å². The van der Waals surface area contributed by atoms with Gasteiger partial charge < -0.3 is 15.0 Å². The van der Waals surface area contributed by atoms with Crippen LogP contribution < -0.4 is 15.0 Å². The summed E-state index contributed by atoms with van der Waals surface area (Å²) >= 11 is 0. The maximum absolute atomic E-state index is 5.39. The molecule has 1 aromatic rings. The second kappa shape index (κ2) is 5.52. The molecule has 0 bridgehead atoms. The largest absolute Gasteiger partial charge is 0.477 e. The monoisotopic (exact) mass is 250 g/mol. The van der Waals surface area contributed by atoms with E-state index in [1.165, 1.54) is 6.42 Å². The lowest BCUT2D eigenvalue weighted by atomic mass is 9.90. The highest BCUT2D eigenvalue weighted by molar-refractivity contribution is 5.39. The van der Waals surface area contributed by atoms with Crippen molar-refractivity contribution < 1.29 is 4.74 Å². The van der Waals surface area contributed by atoms with Gasteiger partial charge in [0.05, 0.1) is 19.0 Å². The minimum atomic E-state index is 0.318. The summed E-state index contributed by atoms with van der Waals surface area (Å²) in [6.07, 6.45) is 4.65. The molecule has 2 rings (SSSR count). The van der Waals surface area contributed by atoms with E-state index in [9.17, 15) is 0 Å². The summed E-state index contributed by atoms with van der Waals surface area (Å²) in [6.45, 7) is 7.95. The molecule has 5 nitrogen and oxygen atoms in total. The molecule has 1 atom stereocenters. The van der Waals surface area contributed by atoms with Crippen molar-refractivity contribution in [3.8, 4) is 5.88 Å². The quantitative estimate of drug-likeness (QED) is 0.854. The number of ether oxygens (including phenoxy) is 1. The molecular formula is C13H22N4O. The Hall–Kier alpha value is -1.36. The molecule has 1 aliphatic heterocycles. The summed E-state index contributed by atoms with van der Waals surface area (Å²) in [4.78, 5) is 11.0. The SMILES string of the molecule is CCOc1cncc(N2CCC(C)(CNC)C2)n1. The Bertz CT molecular complexity index is 398. The smallest absolute Gasteiger partial charge is 0.234 e. The molecule has 1 fully saturated rings. The summed E-state index contributed by atoms with van der Waals surface area (Å²) in [5.74, 6) is 1.53. The van der Waals surface area contributed by atoms with Crippen LogP contribution in [0.4, 0.5) is 5.82 Å². The first-order valence-electron chi connectivity index (χ1n) is 6.51. The fourth-order valence-corrected chi connectivity index (χ4v) is 2.50. The van der Waals surface area contributed by atoms with Gasteiger partial charge in [-0.2, -0.15) is 4.98 Å². The Morgan fingerprint density at radius 1 is 1.50 bits per heavy atom. The molecule has 5 heteroatoms. The molecule has 2 heterocycles. The van der Waals surface area contributed by atoms with Gasteiger partial charge in [0, 0.05) is 19.6 Å². The molecule has 1 aromatic heterocycles. The molecule has 0 aliphatic carbocycles. The van der Waals surface area contributed by atoms with Crippen molar-refractivity contribution in [1.29, 1.82) is 0 Å². The lowest BCUT2D eigenvalue weighted by molar-refractivity contribution is 0.325. The molecule has 0 saturated carbocycles. The van der Waals surface area contributed by atoms with Crippen LogP contribution in [0, 0.1) is 5.41 Å². The van der Waals surface area contributed by atoms with Gasteiger partial charge in [-0.1, -0.05) is 6.92 Å². The van der Waals surface area contributed by atoms with Gasteiger partial charge in [-0.3, -0.25) is 4.98 Å². The number of hydrogen-bond acceptors (Lipinski definition) is 5. The van der Waals surface area contributed by atoms with Crippen molar-refractivity contribution in [3.05, 3.63) is 12.4 Å². The Kier molecular flexibility index (Phi) is 4.01. The lowest BCUT2D eigenvalue weighted by Gasteiger charge is -2.24. The zero-order chi connectivity index (χ0) is 13.0. The van der Waals surface area contributed by atoms with Gasteiger partial charge in [-0.25, -0.2) is 0 Å². The molecule has 100 valence electrons. The standard InChI is InChI=1S/C13H22N4O/c1-4-18-12-8-15-7-11(16-12)17-6-5-13(2,10-17)9-14-3/h7-8,14H,4-6,9-10H2,1-3H3. The normalized spacial score (nSPS) is 23.4. The van der Waals surface area contributed by atoms with E-state index in [4.69, 9.17) is 4.74 Å². The Morgan fingerprint density at radius 3 is 3.06 bits per heavy atom. The Balaban J connectivity index is 2.06. The highest BCUT2D eigenvalue weighted by atomic mass is 16.5. The number of nitrogens with one attached hydrogen (secondary N) is 1. The summed E-state index contributed by atoms with van der Waals surface area (Å²) in [6, 6.07) is 0. The number of hydrogen-bond donors (Lipinski definition) is 1. The topological polar surface area (TPSA) is 50.3 Å². The van der Waals surface area contributed by atoms with Crippen molar-refractivity contribution in [2.24, 2.45) is 5.41 Å². The highest BCUT2D eigenvalue weighted by Crippen LogP contribution is 2.31. The van der Waals surface area contributed by atoms with Crippen molar-refractivity contribution in [2.45, 2.75) is 20.3 Å². The summed E-state index contributed by atoms with van der Waals surface area (Å²) < 4.78 is 5.39. The van der Waals surface area contributed by atoms with Crippen LogP contribution in [-0.2, 0) is 0 Å². The maximum Gasteiger partial charge on any atom is 0.234 e. The number of rotatable bonds is 5. The van der Waals surface area contributed by atoms with E-state index in [0.29, 0.717) is 17.9 Å². The average Bonchev–Trinajstić information content (AvgIpc) is 2.73. The van der Waals surface area contributed by atoms with Gasteiger partial charge in [0.1, 0.15) is 0 Å². The van der Waals surface area contributed by atoms with E-state index in [1.54, 1.807) is 6.20 Å². The molecule has 1 unspecified atom stereocenters. The van der Waals surface area contributed by atoms with Crippen LogP contribution in [0.15, 0.2) is 12.4 Å². The third kappa shape index (κ3) is 2.90. The van der Waals surface area contributed by atoms with Gasteiger partial charge in [-0.05, 0) is 25.8 Å². The van der Waals surface area contributed by atoms with Crippen LogP contribution in [-0.4, -0.2) is 43.3 Å². The molecule has 1 saturated heterocycles. The number of nitrogens with zero attached hydrogens (tertiary/aromatic N) is 3. The third-order valence-corrected chi connectivity index (χ3v) is 3.38. The lowest BCUT2D eigenvalue weighted by Crippen LogP contribution is -2.33. The molecule has 1 N–H and O–H groups in total. The van der Waals surface area contributed by atoms with Gasteiger partial charge >= 0.3 is 0 Å². The first-order chi connectivity index (χ1) is 8.67. The van der Waals surface area contributed by atoms with Crippen molar-refractivity contribution in [1.82, 2.24) is 15.3 Å². The van der Waals surface area contributed by atoms with Crippen LogP contribution in [0.2, 0.25) is 0 Å². The van der Waals surface area contributed by atoms with Crippen LogP contribution >= 0.6 is 0 Å². The summed E-state index contributed by atoms with van der Waals surface area (Å²) in [7, 11) is 2.00. The van der Waals surface area contributed by atoms with Gasteiger partial charge in [0.15, 0.2) is 5.82 Å². The second-order valence-electron chi connectivity index (χ2n) is 5.16. The van der Waals surface area contributed by atoms with E-state index >= 15 is 0 Å². The van der Waals surface area contributed by atoms with Crippen LogP contribution in [0.25, 0.3) is 0 Å². The first-order valence-corrected chi connectivity index (χ1v) is 6.51. The van der Waals surface area contributed by atoms with Gasteiger partial charge in [0.25, 0.3) is 0 Å². The predicted molar refractivity (Wildman–Crippen MR) is 72.1 cm³/mol. The summed E-state index contributed by atoms with van der Waals surface area (Å²) in [5, 5.41) is 3.27. The molecule has 18 heavy (non-hydrogen) atoms. The van der Waals surface area contributed by atoms with Crippen LogP contribution in [0.5, 0.6) is 5.88 Å². The van der Waals surface area contributed by atoms with Crippen molar-refractivity contribution >= 4 is 5.82 Å². The fourth-order valence-electron chi connectivity index (χ4n) is 2.50. The van der Waals surface area contributed by atoms with E-state index in [1.807, 2.05) is 20.2 Å². The zero-order valence-electron chi connectivity index (χ0n) is 11.4. The first kappa shape index (κ1) is 13.1. The van der Waals surface area contributed by atoms with E-state index < -0.39 is 0 Å². The minimum Gasteiger partial charge on any atom is -0.477 e. The third-order valence-electron chi connectivity index (χ3n) is 3.38. The summed E-state index contributed by atoms with van der Waals surface area (Å²) in [5.41, 5.74) is 0.318. The molecule has 1 aliphatic rings. The maximum atomic E-state index is 5.39. The highest BCUT2D eigenvalue weighted by Gasteiger charge is 2.33. The van der Waals surface area contributed by atoms with E-state index in [2.05, 4.69) is 27.1 Å². The molecule has 0 spiro atoms. The van der Waals surface area contributed by atoms with Gasteiger partial charge in [-0.15, -0.1) is 0 Å². The van der Waals surface area contributed by atoms with E-state index in [-0.39, 0.29) is 0 Å². The average molecular weight is 250 g/mol. The molecule has 0 aromatic carbocycles. The Morgan fingerprint density at radius 2 is 2.33 bits per heavy atom. The Labute approximate surface area is 109 Å². The van der Waals surface area contributed by atoms with Gasteiger partial charge in [0.2, 0.25) is 5.88 Å². The van der Waals surface area contributed by atoms with E-state index in [0.717, 1.165) is 25.5 Å². The molecule has 0 radical (unpaired) electrons. The number of anilines is 1. The van der Waals surface area contributed by atoms with Crippen LogP contribution in [0.3, 0.4) is 0 Å². The zero-order valence-corrected chi connectivity index (χ0v) is 11.4. The second-order valence-corrected chi connectivity index (χ2v) is 5.16. The van der Waals surface area contributed by atoms with Crippen molar-refractivity contribution in [3.63, 3.8) is 0 Å². The minimum absolute atomic E-state index is 0.318. The number of aromatic nitrogens is 2. The molecule has 0 amide bonds.